The lowest BCUT2D eigenvalue weighted by molar-refractivity contribution is 0.174. The van der Waals surface area contributed by atoms with Gasteiger partial charge in [-0.1, -0.05) is 18.2 Å². The highest BCUT2D eigenvalue weighted by Crippen LogP contribution is 2.24. The maximum absolute atomic E-state index is 5.12. The lowest BCUT2D eigenvalue weighted by Crippen LogP contribution is -2.00. The van der Waals surface area contributed by atoms with Crippen molar-refractivity contribution in [2.75, 3.05) is 7.11 Å². The molecule has 0 fully saturated rings. The van der Waals surface area contributed by atoms with Crippen LogP contribution in [-0.4, -0.2) is 31.7 Å². The highest BCUT2D eigenvalue weighted by atomic mass is 16.5. The first-order valence-electron chi connectivity index (χ1n) is 6.66. The lowest BCUT2D eigenvalue weighted by Gasteiger charge is -2.03. The average Bonchev–Trinajstić information content (AvgIpc) is 3.06. The molecule has 0 aliphatic heterocycles. The van der Waals surface area contributed by atoms with Crippen LogP contribution in [0.15, 0.2) is 36.5 Å². The fourth-order valence-electron chi connectivity index (χ4n) is 2.27. The van der Waals surface area contributed by atoms with Gasteiger partial charge >= 0.3 is 0 Å². The quantitative estimate of drug-likeness (QED) is 0.735. The molecule has 2 aromatic heterocycles. The smallest absolute Gasteiger partial charge is 0.181 e. The minimum absolute atomic E-state index is 0.449. The second-order valence-electron chi connectivity index (χ2n) is 4.83. The monoisotopic (exact) mass is 283 g/mol. The van der Waals surface area contributed by atoms with Crippen LogP contribution in [0.4, 0.5) is 0 Å². The summed E-state index contributed by atoms with van der Waals surface area (Å²) in [5.74, 6) is 1.51. The Hall–Kier alpha value is -2.47. The van der Waals surface area contributed by atoms with E-state index in [1.165, 1.54) is 0 Å². The summed E-state index contributed by atoms with van der Waals surface area (Å²) in [6.45, 7) is 0.449. The van der Waals surface area contributed by atoms with Gasteiger partial charge in [0.25, 0.3) is 0 Å². The SMILES string of the molecule is COCc1nc(-c2cccc(-c3ccnn3C)c2)nn1C. The van der Waals surface area contributed by atoms with Gasteiger partial charge < -0.3 is 4.74 Å². The largest absolute Gasteiger partial charge is 0.377 e. The van der Waals surface area contributed by atoms with E-state index in [1.54, 1.807) is 18.0 Å². The normalized spacial score (nSPS) is 11.0. The van der Waals surface area contributed by atoms with Gasteiger partial charge in [-0.2, -0.15) is 10.2 Å². The number of nitrogens with zero attached hydrogens (tertiary/aromatic N) is 5. The predicted molar refractivity (Wildman–Crippen MR) is 79.4 cm³/mol. The molecule has 0 saturated heterocycles. The molecule has 6 heteroatoms. The van der Waals surface area contributed by atoms with Crippen LogP contribution in [0.1, 0.15) is 5.82 Å². The average molecular weight is 283 g/mol. The van der Waals surface area contributed by atoms with Crippen LogP contribution in [0.3, 0.4) is 0 Å². The highest BCUT2D eigenvalue weighted by molar-refractivity contribution is 5.67. The first-order chi connectivity index (χ1) is 10.2. The van der Waals surface area contributed by atoms with Gasteiger partial charge in [0.2, 0.25) is 0 Å². The third-order valence-electron chi connectivity index (χ3n) is 3.36. The van der Waals surface area contributed by atoms with Crippen molar-refractivity contribution in [3.05, 3.63) is 42.4 Å². The first kappa shape index (κ1) is 13.5. The van der Waals surface area contributed by atoms with E-state index in [0.717, 1.165) is 22.6 Å². The Kier molecular flexibility index (Phi) is 3.53. The van der Waals surface area contributed by atoms with Crippen LogP contribution in [0.25, 0.3) is 22.6 Å². The number of hydrogen-bond donors (Lipinski definition) is 0. The number of rotatable bonds is 4. The molecule has 0 unspecified atom stereocenters. The molecule has 0 atom stereocenters. The molecule has 0 saturated carbocycles. The van der Waals surface area contributed by atoms with Crippen LogP contribution in [0.5, 0.6) is 0 Å². The Morgan fingerprint density at radius 1 is 1.10 bits per heavy atom. The zero-order valence-electron chi connectivity index (χ0n) is 12.3. The second kappa shape index (κ2) is 5.49. The van der Waals surface area contributed by atoms with Crippen molar-refractivity contribution in [2.45, 2.75) is 6.61 Å². The number of hydrogen-bond acceptors (Lipinski definition) is 4. The summed E-state index contributed by atoms with van der Waals surface area (Å²) in [6.07, 6.45) is 1.79. The van der Waals surface area contributed by atoms with Gasteiger partial charge in [-0.15, -0.1) is 0 Å². The molecular weight excluding hydrogens is 266 g/mol. The molecule has 3 rings (SSSR count). The standard InChI is InChI=1S/C15H17N5O/c1-19-13(7-8-16-19)11-5-4-6-12(9-11)15-17-14(10-21-3)20(2)18-15/h4-9H,10H2,1-3H3. The molecule has 0 N–H and O–H groups in total. The molecule has 0 aliphatic rings. The molecule has 6 nitrogen and oxygen atoms in total. The van der Waals surface area contributed by atoms with Crippen LogP contribution >= 0.6 is 0 Å². The van der Waals surface area contributed by atoms with E-state index in [2.05, 4.69) is 27.3 Å². The Morgan fingerprint density at radius 2 is 1.90 bits per heavy atom. The Morgan fingerprint density at radius 3 is 2.62 bits per heavy atom. The van der Waals surface area contributed by atoms with E-state index in [0.29, 0.717) is 12.4 Å². The molecule has 0 radical (unpaired) electrons. The Balaban J connectivity index is 2.00. The molecule has 0 amide bonds. The van der Waals surface area contributed by atoms with Gasteiger partial charge in [0.15, 0.2) is 11.6 Å². The highest BCUT2D eigenvalue weighted by Gasteiger charge is 2.10. The van der Waals surface area contributed by atoms with Crippen molar-refractivity contribution < 1.29 is 4.74 Å². The van der Waals surface area contributed by atoms with Crippen LogP contribution in [-0.2, 0) is 25.4 Å². The van der Waals surface area contributed by atoms with Crippen molar-refractivity contribution in [3.63, 3.8) is 0 Å². The molecule has 1 aromatic carbocycles. The third kappa shape index (κ3) is 2.57. The minimum Gasteiger partial charge on any atom is -0.377 e. The van der Waals surface area contributed by atoms with E-state index >= 15 is 0 Å². The summed E-state index contributed by atoms with van der Waals surface area (Å²) in [4.78, 5) is 4.52. The van der Waals surface area contributed by atoms with Crippen molar-refractivity contribution in [1.29, 1.82) is 0 Å². The van der Waals surface area contributed by atoms with Gasteiger partial charge in [-0.3, -0.25) is 9.36 Å². The summed E-state index contributed by atoms with van der Waals surface area (Å²) in [7, 11) is 5.45. The van der Waals surface area contributed by atoms with E-state index in [9.17, 15) is 0 Å². The summed E-state index contributed by atoms with van der Waals surface area (Å²) in [6, 6.07) is 10.1. The maximum Gasteiger partial charge on any atom is 0.181 e. The van der Waals surface area contributed by atoms with Crippen LogP contribution in [0, 0.1) is 0 Å². The molecule has 21 heavy (non-hydrogen) atoms. The van der Waals surface area contributed by atoms with E-state index < -0.39 is 0 Å². The minimum atomic E-state index is 0.449. The van der Waals surface area contributed by atoms with Gasteiger partial charge in [0.05, 0.1) is 5.69 Å². The molecular formula is C15H17N5O. The summed E-state index contributed by atoms with van der Waals surface area (Å²) in [5.41, 5.74) is 3.13. The van der Waals surface area contributed by atoms with E-state index in [4.69, 9.17) is 4.74 Å². The van der Waals surface area contributed by atoms with Gasteiger partial charge in [0.1, 0.15) is 6.61 Å². The van der Waals surface area contributed by atoms with E-state index in [-0.39, 0.29) is 0 Å². The molecule has 3 aromatic rings. The lowest BCUT2D eigenvalue weighted by atomic mass is 10.1. The number of aromatic nitrogens is 5. The predicted octanol–water partition coefficient (Wildman–Crippen LogP) is 2.03. The van der Waals surface area contributed by atoms with Gasteiger partial charge in [-0.05, 0) is 12.1 Å². The second-order valence-corrected chi connectivity index (χ2v) is 4.83. The number of methoxy groups -OCH3 is 1. The summed E-state index contributed by atoms with van der Waals surface area (Å²) < 4.78 is 8.72. The van der Waals surface area contributed by atoms with Crippen molar-refractivity contribution >= 4 is 0 Å². The number of ether oxygens (including phenoxy) is 1. The van der Waals surface area contributed by atoms with Crippen molar-refractivity contribution in [3.8, 4) is 22.6 Å². The fourth-order valence-corrected chi connectivity index (χ4v) is 2.27. The Labute approximate surface area is 123 Å². The molecule has 0 bridgehead atoms. The zero-order chi connectivity index (χ0) is 14.8. The Bertz CT molecular complexity index is 759. The van der Waals surface area contributed by atoms with Crippen LogP contribution in [0.2, 0.25) is 0 Å². The number of benzene rings is 1. The molecule has 108 valence electrons. The molecule has 0 spiro atoms. The van der Waals surface area contributed by atoms with Crippen LogP contribution < -0.4 is 0 Å². The molecule has 2 heterocycles. The fraction of sp³-hybridized carbons (Fsp3) is 0.267. The summed E-state index contributed by atoms with van der Waals surface area (Å²) >= 11 is 0. The van der Waals surface area contributed by atoms with Gasteiger partial charge in [-0.25, -0.2) is 4.98 Å². The van der Waals surface area contributed by atoms with E-state index in [1.807, 2.05) is 37.0 Å². The molecule has 0 aliphatic carbocycles. The topological polar surface area (TPSA) is 57.8 Å². The first-order valence-corrected chi connectivity index (χ1v) is 6.66. The third-order valence-corrected chi connectivity index (χ3v) is 3.36. The summed E-state index contributed by atoms with van der Waals surface area (Å²) in [5, 5.41) is 8.65. The number of aryl methyl sites for hydroxylation is 2. The van der Waals surface area contributed by atoms with Crippen molar-refractivity contribution in [1.82, 2.24) is 24.5 Å². The van der Waals surface area contributed by atoms with Crippen molar-refractivity contribution in [2.24, 2.45) is 14.1 Å². The van der Waals surface area contributed by atoms with Gasteiger partial charge in [0, 0.05) is 38.5 Å². The maximum atomic E-state index is 5.12. The zero-order valence-corrected chi connectivity index (χ0v) is 12.3.